The van der Waals surface area contributed by atoms with E-state index in [4.69, 9.17) is 10.2 Å². The number of fused-ring (bicyclic) bond motifs is 1. The zero-order chi connectivity index (χ0) is 12.3. The van der Waals surface area contributed by atoms with Crippen molar-refractivity contribution >= 4 is 17.0 Å². The Kier molecular flexibility index (Phi) is 3.14. The van der Waals surface area contributed by atoms with Gasteiger partial charge in [0.2, 0.25) is 0 Å². The second kappa shape index (κ2) is 4.74. The van der Waals surface area contributed by atoms with Gasteiger partial charge in [-0.3, -0.25) is 0 Å². The van der Waals surface area contributed by atoms with Gasteiger partial charge in [-0.15, -0.1) is 6.58 Å². The van der Waals surface area contributed by atoms with Crippen LogP contribution in [0.5, 0.6) is 0 Å². The van der Waals surface area contributed by atoms with Crippen molar-refractivity contribution in [1.82, 2.24) is 5.32 Å². The predicted molar refractivity (Wildman–Crippen MR) is 66.5 cm³/mol. The molecule has 1 aromatic heterocycles. The highest BCUT2D eigenvalue weighted by Gasteiger charge is 2.12. The van der Waals surface area contributed by atoms with Gasteiger partial charge < -0.3 is 15.5 Å². The summed E-state index contributed by atoms with van der Waals surface area (Å²) >= 11 is 0. The monoisotopic (exact) mass is 230 g/mol. The molecule has 1 aromatic carbocycles. The van der Waals surface area contributed by atoms with Crippen molar-refractivity contribution in [1.29, 1.82) is 0 Å². The second-order valence-electron chi connectivity index (χ2n) is 3.80. The van der Waals surface area contributed by atoms with E-state index in [1.54, 1.807) is 12.3 Å². The number of hydrogen-bond donors (Lipinski definition) is 2. The van der Waals surface area contributed by atoms with Gasteiger partial charge in [-0.2, -0.15) is 0 Å². The van der Waals surface area contributed by atoms with Gasteiger partial charge in [0.15, 0.2) is 0 Å². The molecule has 2 rings (SSSR count). The van der Waals surface area contributed by atoms with E-state index in [9.17, 15) is 4.79 Å². The number of carbonyl (C=O) groups is 1. The normalized spacial score (nSPS) is 12.2. The van der Waals surface area contributed by atoms with E-state index in [-0.39, 0.29) is 6.04 Å². The second-order valence-corrected chi connectivity index (χ2v) is 3.80. The van der Waals surface area contributed by atoms with Gasteiger partial charge in [-0.1, -0.05) is 12.1 Å². The van der Waals surface area contributed by atoms with Crippen LogP contribution in [0.3, 0.4) is 0 Å². The van der Waals surface area contributed by atoms with Crippen LogP contribution in [0.2, 0.25) is 0 Å². The third kappa shape index (κ3) is 2.47. The average Bonchev–Trinajstić information content (AvgIpc) is 2.74. The lowest BCUT2D eigenvalue weighted by Crippen LogP contribution is -2.32. The molecule has 1 atom stereocenters. The summed E-state index contributed by atoms with van der Waals surface area (Å²) in [6, 6.07) is 6.96. The van der Waals surface area contributed by atoms with Crippen molar-refractivity contribution in [3.8, 4) is 0 Å². The van der Waals surface area contributed by atoms with E-state index in [0.717, 1.165) is 16.5 Å². The molecule has 0 fully saturated rings. The predicted octanol–water partition coefficient (Wildman–Crippen LogP) is 2.72. The van der Waals surface area contributed by atoms with Crippen molar-refractivity contribution in [2.24, 2.45) is 5.73 Å². The summed E-state index contributed by atoms with van der Waals surface area (Å²) in [5.41, 5.74) is 6.96. The fraction of sp³-hybridized carbons (Fsp3) is 0.154. The first-order valence-electron chi connectivity index (χ1n) is 5.34. The first-order chi connectivity index (χ1) is 8.20. The van der Waals surface area contributed by atoms with E-state index in [2.05, 4.69) is 11.9 Å². The summed E-state index contributed by atoms with van der Waals surface area (Å²) < 4.78 is 5.26. The van der Waals surface area contributed by atoms with E-state index in [1.807, 2.05) is 24.3 Å². The number of primary amides is 1. The van der Waals surface area contributed by atoms with Gasteiger partial charge in [0, 0.05) is 5.39 Å². The summed E-state index contributed by atoms with van der Waals surface area (Å²) in [6.07, 6.45) is 4.02. The van der Waals surface area contributed by atoms with Crippen LogP contribution in [0.1, 0.15) is 18.0 Å². The molecule has 1 heterocycles. The molecule has 4 heteroatoms. The highest BCUT2D eigenvalue weighted by atomic mass is 16.3. The molecular weight excluding hydrogens is 216 g/mol. The molecule has 3 N–H and O–H groups in total. The number of nitrogens with two attached hydrogens (primary N) is 1. The van der Waals surface area contributed by atoms with E-state index in [0.29, 0.717) is 6.42 Å². The van der Waals surface area contributed by atoms with Crippen LogP contribution in [-0.4, -0.2) is 6.03 Å². The van der Waals surface area contributed by atoms with Crippen LogP contribution in [0.25, 0.3) is 11.0 Å². The topological polar surface area (TPSA) is 68.3 Å². The Hall–Kier alpha value is -2.23. The Morgan fingerprint density at radius 3 is 3.06 bits per heavy atom. The van der Waals surface area contributed by atoms with Crippen molar-refractivity contribution < 1.29 is 9.21 Å². The summed E-state index contributed by atoms with van der Waals surface area (Å²) in [4.78, 5) is 10.9. The Labute approximate surface area is 99.1 Å². The first kappa shape index (κ1) is 11.3. The van der Waals surface area contributed by atoms with Gasteiger partial charge in [-0.25, -0.2) is 4.79 Å². The van der Waals surface area contributed by atoms with Gasteiger partial charge in [0.1, 0.15) is 5.58 Å². The van der Waals surface area contributed by atoms with Gasteiger partial charge in [-0.05, 0) is 30.2 Å². The van der Waals surface area contributed by atoms with Crippen LogP contribution < -0.4 is 11.1 Å². The molecule has 0 radical (unpaired) electrons. The van der Waals surface area contributed by atoms with Crippen LogP contribution in [0.15, 0.2) is 47.6 Å². The number of benzene rings is 1. The van der Waals surface area contributed by atoms with Crippen molar-refractivity contribution in [2.75, 3.05) is 0 Å². The fourth-order valence-electron chi connectivity index (χ4n) is 1.82. The molecular formula is C13H14N2O2. The van der Waals surface area contributed by atoms with E-state index >= 15 is 0 Å². The van der Waals surface area contributed by atoms with E-state index in [1.165, 1.54) is 0 Å². The molecule has 2 aromatic rings. The quantitative estimate of drug-likeness (QED) is 0.793. The minimum Gasteiger partial charge on any atom is -0.464 e. The molecule has 0 spiro atoms. The minimum absolute atomic E-state index is 0.149. The zero-order valence-corrected chi connectivity index (χ0v) is 9.35. The lowest BCUT2D eigenvalue weighted by Gasteiger charge is -2.16. The Bertz CT molecular complexity index is 545. The molecule has 1 unspecified atom stereocenters. The van der Waals surface area contributed by atoms with Crippen molar-refractivity contribution in [2.45, 2.75) is 12.5 Å². The lowest BCUT2D eigenvalue weighted by atomic mass is 10.0. The molecule has 0 aliphatic rings. The molecule has 0 bridgehead atoms. The summed E-state index contributed by atoms with van der Waals surface area (Å²) in [5.74, 6) is 0. The van der Waals surface area contributed by atoms with E-state index < -0.39 is 6.03 Å². The molecule has 0 saturated carbocycles. The molecule has 0 aliphatic carbocycles. The molecule has 17 heavy (non-hydrogen) atoms. The number of urea groups is 1. The fourth-order valence-corrected chi connectivity index (χ4v) is 1.82. The Morgan fingerprint density at radius 1 is 1.53 bits per heavy atom. The highest BCUT2D eigenvalue weighted by Crippen LogP contribution is 2.23. The molecule has 0 aliphatic heterocycles. The number of carbonyl (C=O) groups excluding carboxylic acids is 1. The molecule has 2 amide bonds. The van der Waals surface area contributed by atoms with Gasteiger partial charge >= 0.3 is 6.03 Å². The molecule has 88 valence electrons. The maximum Gasteiger partial charge on any atom is 0.312 e. The highest BCUT2D eigenvalue weighted by molar-refractivity contribution is 5.78. The summed E-state index contributed by atoms with van der Waals surface area (Å²) in [5, 5.41) is 3.69. The molecule has 0 saturated heterocycles. The number of rotatable bonds is 4. The summed E-state index contributed by atoms with van der Waals surface area (Å²) in [6.45, 7) is 3.67. The number of hydrogen-bond acceptors (Lipinski definition) is 2. The number of nitrogens with one attached hydrogen (secondary N) is 1. The van der Waals surface area contributed by atoms with Crippen LogP contribution in [0.4, 0.5) is 4.79 Å². The van der Waals surface area contributed by atoms with Crippen LogP contribution in [-0.2, 0) is 0 Å². The third-order valence-electron chi connectivity index (χ3n) is 2.60. The maximum absolute atomic E-state index is 10.9. The third-order valence-corrected chi connectivity index (χ3v) is 2.60. The van der Waals surface area contributed by atoms with Gasteiger partial charge in [0.05, 0.1) is 12.3 Å². The first-order valence-corrected chi connectivity index (χ1v) is 5.34. The Morgan fingerprint density at radius 2 is 2.35 bits per heavy atom. The van der Waals surface area contributed by atoms with Crippen LogP contribution >= 0.6 is 0 Å². The standard InChI is InChI=1S/C13H14N2O2/c1-2-3-11(15-13(14)16)9-4-5-12-10(8-9)6-7-17-12/h2,4-8,11H,1,3H2,(H3,14,15,16). The number of amides is 2. The Balaban J connectivity index is 2.32. The van der Waals surface area contributed by atoms with Gasteiger partial charge in [0.25, 0.3) is 0 Å². The van der Waals surface area contributed by atoms with Crippen LogP contribution in [0, 0.1) is 0 Å². The maximum atomic E-state index is 10.9. The largest absolute Gasteiger partial charge is 0.464 e. The van der Waals surface area contributed by atoms with Crippen molar-refractivity contribution in [3.05, 3.63) is 48.7 Å². The SMILES string of the molecule is C=CCC(NC(N)=O)c1ccc2occc2c1. The zero-order valence-electron chi connectivity index (χ0n) is 9.35. The summed E-state index contributed by atoms with van der Waals surface area (Å²) in [7, 11) is 0. The lowest BCUT2D eigenvalue weighted by molar-refractivity contribution is 0.245. The smallest absolute Gasteiger partial charge is 0.312 e. The van der Waals surface area contributed by atoms with Crippen molar-refractivity contribution in [3.63, 3.8) is 0 Å². The number of furan rings is 1. The average molecular weight is 230 g/mol. The molecule has 4 nitrogen and oxygen atoms in total. The minimum atomic E-state index is -0.538.